The van der Waals surface area contributed by atoms with Crippen LogP contribution < -0.4 is 9.64 Å². The molecule has 5 heteroatoms. The number of nitrogens with zero attached hydrogens (tertiary/aromatic N) is 3. The van der Waals surface area contributed by atoms with Crippen LogP contribution in [-0.2, 0) is 0 Å². The van der Waals surface area contributed by atoms with Crippen molar-refractivity contribution in [2.45, 2.75) is 0 Å². The summed E-state index contributed by atoms with van der Waals surface area (Å²) in [5.74, 6) is 0.634. The van der Waals surface area contributed by atoms with Gasteiger partial charge >= 0.3 is 0 Å². The second-order valence-corrected chi connectivity index (χ2v) is 5.21. The van der Waals surface area contributed by atoms with Gasteiger partial charge in [-0.05, 0) is 18.2 Å². The molecule has 114 valence electrons. The first-order valence-electron chi connectivity index (χ1n) is 7.13. The number of alkyl halides is 1. The van der Waals surface area contributed by atoms with Crippen LogP contribution in [0.4, 0.5) is 10.1 Å². The predicted molar refractivity (Wildman–Crippen MR) is 86.4 cm³/mol. The molecular weight excluding hydrogens is 281 g/mol. The summed E-state index contributed by atoms with van der Waals surface area (Å²) in [6.07, 6.45) is 3.78. The largest absolute Gasteiger partial charge is 0.489 e. The molecule has 3 rings (SSSR count). The van der Waals surface area contributed by atoms with E-state index in [0.29, 0.717) is 5.75 Å². The SMILES string of the molecule is CN(C)c1ccccc1-c1cn2cc(OCCF)ccc2n1. The number of imidazole rings is 1. The molecular formula is C17H18FN3O. The number of pyridine rings is 1. The average molecular weight is 299 g/mol. The summed E-state index contributed by atoms with van der Waals surface area (Å²) in [4.78, 5) is 6.72. The van der Waals surface area contributed by atoms with E-state index in [1.807, 2.05) is 49.1 Å². The Morgan fingerprint density at radius 1 is 1.14 bits per heavy atom. The van der Waals surface area contributed by atoms with Gasteiger partial charge in [-0.2, -0.15) is 0 Å². The van der Waals surface area contributed by atoms with Crippen molar-refractivity contribution in [3.05, 3.63) is 48.8 Å². The molecule has 0 bridgehead atoms. The van der Waals surface area contributed by atoms with Gasteiger partial charge in [0, 0.05) is 31.5 Å². The molecule has 1 aromatic carbocycles. The average Bonchev–Trinajstić information content (AvgIpc) is 2.95. The van der Waals surface area contributed by atoms with Gasteiger partial charge in [-0.15, -0.1) is 0 Å². The van der Waals surface area contributed by atoms with E-state index < -0.39 is 6.67 Å². The molecule has 0 atom stereocenters. The zero-order valence-corrected chi connectivity index (χ0v) is 12.7. The lowest BCUT2D eigenvalue weighted by Crippen LogP contribution is -2.09. The lowest BCUT2D eigenvalue weighted by molar-refractivity contribution is 0.272. The zero-order chi connectivity index (χ0) is 15.5. The summed E-state index contributed by atoms with van der Waals surface area (Å²) in [5, 5.41) is 0. The summed E-state index contributed by atoms with van der Waals surface area (Å²) < 4.78 is 19.4. The standard InChI is InChI=1S/C17H18FN3O/c1-20(2)16-6-4-3-5-14(16)15-12-21-11-13(22-10-9-18)7-8-17(21)19-15/h3-8,11-12H,9-10H2,1-2H3. The number of hydrogen-bond donors (Lipinski definition) is 0. The van der Waals surface area contributed by atoms with Crippen LogP contribution in [0.1, 0.15) is 0 Å². The third-order valence-electron chi connectivity index (χ3n) is 3.43. The molecule has 4 nitrogen and oxygen atoms in total. The first-order chi connectivity index (χ1) is 10.7. The second kappa shape index (κ2) is 6.05. The quantitative estimate of drug-likeness (QED) is 0.723. The maximum Gasteiger partial charge on any atom is 0.137 e. The minimum absolute atomic E-state index is 0.0660. The second-order valence-electron chi connectivity index (χ2n) is 5.21. The van der Waals surface area contributed by atoms with Crippen molar-refractivity contribution < 1.29 is 9.13 Å². The van der Waals surface area contributed by atoms with Gasteiger partial charge in [0.05, 0.1) is 11.9 Å². The molecule has 0 radical (unpaired) electrons. The number of para-hydroxylation sites is 1. The number of rotatable bonds is 5. The third kappa shape index (κ3) is 2.74. The fourth-order valence-electron chi connectivity index (χ4n) is 2.42. The molecule has 0 aliphatic heterocycles. The van der Waals surface area contributed by atoms with Gasteiger partial charge in [0.15, 0.2) is 0 Å². The Labute approximate surface area is 128 Å². The first kappa shape index (κ1) is 14.4. The maximum atomic E-state index is 12.2. The van der Waals surface area contributed by atoms with Gasteiger partial charge in [0.2, 0.25) is 0 Å². The molecule has 0 saturated carbocycles. The number of ether oxygens (including phenoxy) is 1. The van der Waals surface area contributed by atoms with Crippen LogP contribution in [0.2, 0.25) is 0 Å². The van der Waals surface area contributed by atoms with Crippen molar-refractivity contribution in [3.63, 3.8) is 0 Å². The molecule has 0 saturated heterocycles. The van der Waals surface area contributed by atoms with E-state index in [-0.39, 0.29) is 6.61 Å². The van der Waals surface area contributed by atoms with Crippen molar-refractivity contribution in [1.82, 2.24) is 9.38 Å². The highest BCUT2D eigenvalue weighted by Gasteiger charge is 2.10. The highest BCUT2D eigenvalue weighted by Crippen LogP contribution is 2.29. The van der Waals surface area contributed by atoms with Gasteiger partial charge in [0.25, 0.3) is 0 Å². The Hall–Kier alpha value is -2.56. The minimum Gasteiger partial charge on any atom is -0.489 e. The van der Waals surface area contributed by atoms with Crippen LogP contribution in [0, 0.1) is 0 Å². The van der Waals surface area contributed by atoms with Gasteiger partial charge < -0.3 is 14.0 Å². The number of benzene rings is 1. The van der Waals surface area contributed by atoms with Crippen LogP contribution in [0.15, 0.2) is 48.8 Å². The summed E-state index contributed by atoms with van der Waals surface area (Å²) in [5.41, 5.74) is 3.91. The number of hydrogen-bond acceptors (Lipinski definition) is 3. The molecule has 0 aliphatic rings. The molecule has 0 fully saturated rings. The highest BCUT2D eigenvalue weighted by molar-refractivity contribution is 5.77. The van der Waals surface area contributed by atoms with Crippen molar-refractivity contribution in [2.24, 2.45) is 0 Å². The van der Waals surface area contributed by atoms with Crippen LogP contribution in [0.25, 0.3) is 16.9 Å². The molecule has 0 spiro atoms. The third-order valence-corrected chi connectivity index (χ3v) is 3.43. The Morgan fingerprint density at radius 3 is 2.73 bits per heavy atom. The van der Waals surface area contributed by atoms with Crippen LogP contribution in [-0.4, -0.2) is 36.8 Å². The topological polar surface area (TPSA) is 29.8 Å². The summed E-state index contributed by atoms with van der Waals surface area (Å²) in [7, 11) is 4.02. The van der Waals surface area contributed by atoms with E-state index in [1.54, 1.807) is 6.07 Å². The lowest BCUT2D eigenvalue weighted by Gasteiger charge is -2.15. The predicted octanol–water partition coefficient (Wildman–Crippen LogP) is 3.42. The summed E-state index contributed by atoms with van der Waals surface area (Å²) >= 11 is 0. The zero-order valence-electron chi connectivity index (χ0n) is 12.7. The Kier molecular flexibility index (Phi) is 3.96. The number of halogens is 1. The fraction of sp³-hybridized carbons (Fsp3) is 0.235. The van der Waals surface area contributed by atoms with E-state index in [4.69, 9.17) is 4.74 Å². The minimum atomic E-state index is -0.497. The molecule has 0 aliphatic carbocycles. The van der Waals surface area contributed by atoms with Crippen LogP contribution in [0.5, 0.6) is 5.75 Å². The van der Waals surface area contributed by atoms with Crippen molar-refractivity contribution in [3.8, 4) is 17.0 Å². The maximum absolute atomic E-state index is 12.2. The molecule has 22 heavy (non-hydrogen) atoms. The molecule has 2 aromatic heterocycles. The Bertz CT molecular complexity index is 782. The van der Waals surface area contributed by atoms with Gasteiger partial charge in [-0.3, -0.25) is 0 Å². The van der Waals surface area contributed by atoms with E-state index >= 15 is 0 Å². The number of anilines is 1. The van der Waals surface area contributed by atoms with Gasteiger partial charge in [-0.1, -0.05) is 18.2 Å². The van der Waals surface area contributed by atoms with Gasteiger partial charge in [0.1, 0.15) is 24.7 Å². The van der Waals surface area contributed by atoms with E-state index in [0.717, 1.165) is 22.6 Å². The monoisotopic (exact) mass is 299 g/mol. The molecule has 2 heterocycles. The summed E-state index contributed by atoms with van der Waals surface area (Å²) in [6, 6.07) is 11.8. The Balaban J connectivity index is 2.02. The fourth-order valence-corrected chi connectivity index (χ4v) is 2.42. The molecule has 3 aromatic rings. The van der Waals surface area contributed by atoms with Crippen molar-refractivity contribution in [1.29, 1.82) is 0 Å². The van der Waals surface area contributed by atoms with Crippen LogP contribution in [0.3, 0.4) is 0 Å². The number of aromatic nitrogens is 2. The van der Waals surface area contributed by atoms with E-state index in [2.05, 4.69) is 22.0 Å². The normalized spacial score (nSPS) is 10.9. The Morgan fingerprint density at radius 2 is 1.95 bits per heavy atom. The van der Waals surface area contributed by atoms with E-state index in [1.165, 1.54) is 0 Å². The van der Waals surface area contributed by atoms with Crippen molar-refractivity contribution >= 4 is 11.3 Å². The van der Waals surface area contributed by atoms with E-state index in [9.17, 15) is 4.39 Å². The van der Waals surface area contributed by atoms with Gasteiger partial charge in [-0.25, -0.2) is 9.37 Å². The molecule has 0 unspecified atom stereocenters. The van der Waals surface area contributed by atoms with Crippen LogP contribution >= 0.6 is 0 Å². The molecule has 0 amide bonds. The van der Waals surface area contributed by atoms with Crippen molar-refractivity contribution in [2.75, 3.05) is 32.3 Å². The summed E-state index contributed by atoms with van der Waals surface area (Å²) in [6.45, 7) is -0.431. The highest BCUT2D eigenvalue weighted by atomic mass is 19.1. The molecule has 0 N–H and O–H groups in total. The lowest BCUT2D eigenvalue weighted by atomic mass is 10.1. The first-order valence-corrected chi connectivity index (χ1v) is 7.13. The smallest absolute Gasteiger partial charge is 0.137 e. The number of fused-ring (bicyclic) bond motifs is 1.